The van der Waals surface area contributed by atoms with E-state index in [-0.39, 0.29) is 23.6 Å². The van der Waals surface area contributed by atoms with E-state index in [1.165, 1.54) is 6.07 Å². The van der Waals surface area contributed by atoms with Gasteiger partial charge in [0, 0.05) is 28.9 Å². The summed E-state index contributed by atoms with van der Waals surface area (Å²) in [5.74, 6) is -1.77. The van der Waals surface area contributed by atoms with Crippen LogP contribution in [0.15, 0.2) is 42.5 Å². The minimum absolute atomic E-state index is 0.0115. The number of rotatable bonds is 5. The molecule has 0 aliphatic carbocycles. The number of anilines is 2. The molecule has 0 bridgehead atoms. The van der Waals surface area contributed by atoms with Crippen molar-refractivity contribution in [3.8, 4) is 0 Å². The van der Waals surface area contributed by atoms with E-state index in [0.29, 0.717) is 10.7 Å². The molecule has 3 N–H and O–H groups in total. The van der Waals surface area contributed by atoms with Crippen LogP contribution in [0.3, 0.4) is 0 Å². The first-order chi connectivity index (χ1) is 12.0. The SMILES string of the molecule is O=C(NCc1ccc(F)cc1F)c1n[nH]nc1Nc1ccc(Cl)cc1. The van der Waals surface area contributed by atoms with Crippen LogP contribution < -0.4 is 10.6 Å². The highest BCUT2D eigenvalue weighted by Crippen LogP contribution is 2.19. The third-order valence-corrected chi connectivity index (χ3v) is 3.58. The van der Waals surface area contributed by atoms with Gasteiger partial charge in [0.15, 0.2) is 11.5 Å². The lowest BCUT2D eigenvalue weighted by Gasteiger charge is -2.07. The summed E-state index contributed by atoms with van der Waals surface area (Å²) in [7, 11) is 0. The van der Waals surface area contributed by atoms with Gasteiger partial charge in [-0.15, -0.1) is 10.2 Å². The third kappa shape index (κ3) is 4.10. The van der Waals surface area contributed by atoms with Crippen molar-refractivity contribution < 1.29 is 13.6 Å². The molecule has 1 heterocycles. The fraction of sp³-hybridized carbons (Fsp3) is 0.0625. The summed E-state index contributed by atoms with van der Waals surface area (Å²) in [6.45, 7) is -0.113. The molecule has 1 amide bonds. The van der Waals surface area contributed by atoms with Gasteiger partial charge in [-0.05, 0) is 30.3 Å². The van der Waals surface area contributed by atoms with E-state index in [0.717, 1.165) is 12.1 Å². The fourth-order valence-electron chi connectivity index (χ4n) is 2.07. The topological polar surface area (TPSA) is 82.7 Å². The maximum absolute atomic E-state index is 13.6. The number of halogens is 3. The van der Waals surface area contributed by atoms with Crippen molar-refractivity contribution in [2.24, 2.45) is 0 Å². The number of aromatic nitrogens is 3. The lowest BCUT2D eigenvalue weighted by molar-refractivity contribution is 0.0946. The third-order valence-electron chi connectivity index (χ3n) is 3.32. The van der Waals surface area contributed by atoms with E-state index >= 15 is 0 Å². The molecule has 0 aliphatic heterocycles. The molecule has 0 spiro atoms. The average molecular weight is 364 g/mol. The van der Waals surface area contributed by atoms with Crippen LogP contribution >= 0.6 is 11.6 Å². The van der Waals surface area contributed by atoms with Crippen molar-refractivity contribution in [1.82, 2.24) is 20.7 Å². The molecule has 0 saturated heterocycles. The second-order valence-corrected chi connectivity index (χ2v) is 5.51. The standard InChI is InChI=1S/C16H12ClF2N5O/c17-10-2-5-12(6-3-10)21-15-14(22-24-23-15)16(25)20-8-9-1-4-11(18)7-13(9)19/h1-7H,8H2,(H,20,25)(H2,21,22,23,24). The Balaban J connectivity index is 1.68. The van der Waals surface area contributed by atoms with Gasteiger partial charge in [0.25, 0.3) is 5.91 Å². The zero-order valence-corrected chi connectivity index (χ0v) is 13.4. The maximum atomic E-state index is 13.6. The Hall–Kier alpha value is -3.00. The zero-order chi connectivity index (χ0) is 17.8. The molecule has 3 aromatic rings. The molecule has 3 rings (SSSR count). The summed E-state index contributed by atoms with van der Waals surface area (Å²) in [4.78, 5) is 12.2. The Morgan fingerprint density at radius 3 is 2.60 bits per heavy atom. The van der Waals surface area contributed by atoms with E-state index in [9.17, 15) is 13.6 Å². The van der Waals surface area contributed by atoms with Gasteiger partial charge < -0.3 is 10.6 Å². The maximum Gasteiger partial charge on any atom is 0.275 e. The Kier molecular flexibility index (Phi) is 4.90. The summed E-state index contributed by atoms with van der Waals surface area (Å²) < 4.78 is 26.5. The molecular formula is C16H12ClF2N5O. The summed E-state index contributed by atoms with van der Waals surface area (Å²) >= 11 is 5.82. The van der Waals surface area contributed by atoms with Gasteiger partial charge in [-0.1, -0.05) is 17.7 Å². The average Bonchev–Trinajstić information content (AvgIpc) is 3.04. The predicted octanol–water partition coefficient (Wildman–Crippen LogP) is 3.41. The van der Waals surface area contributed by atoms with Crippen molar-refractivity contribution in [3.05, 3.63) is 70.4 Å². The number of carbonyl (C=O) groups is 1. The highest BCUT2D eigenvalue weighted by molar-refractivity contribution is 6.30. The molecule has 9 heteroatoms. The largest absolute Gasteiger partial charge is 0.346 e. The monoisotopic (exact) mass is 363 g/mol. The zero-order valence-electron chi connectivity index (χ0n) is 12.7. The highest BCUT2D eigenvalue weighted by Gasteiger charge is 2.17. The number of benzene rings is 2. The van der Waals surface area contributed by atoms with Crippen molar-refractivity contribution in [2.45, 2.75) is 6.54 Å². The van der Waals surface area contributed by atoms with E-state index in [2.05, 4.69) is 26.0 Å². The number of aromatic amines is 1. The van der Waals surface area contributed by atoms with E-state index in [4.69, 9.17) is 11.6 Å². The smallest absolute Gasteiger partial charge is 0.275 e. The molecule has 0 unspecified atom stereocenters. The van der Waals surface area contributed by atoms with Crippen molar-refractivity contribution in [2.75, 3.05) is 5.32 Å². The first-order valence-corrected chi connectivity index (χ1v) is 7.56. The minimum atomic E-state index is -0.736. The number of nitrogens with zero attached hydrogens (tertiary/aromatic N) is 2. The van der Waals surface area contributed by atoms with Crippen LogP contribution in [0.25, 0.3) is 0 Å². The molecule has 6 nitrogen and oxygen atoms in total. The van der Waals surface area contributed by atoms with Crippen LogP contribution in [0.1, 0.15) is 16.1 Å². The Morgan fingerprint density at radius 2 is 1.88 bits per heavy atom. The van der Waals surface area contributed by atoms with E-state index in [1.807, 2.05) is 0 Å². The Labute approximate surface area is 146 Å². The van der Waals surface area contributed by atoms with Crippen LogP contribution in [0.5, 0.6) is 0 Å². The lowest BCUT2D eigenvalue weighted by atomic mass is 10.2. The number of carbonyl (C=O) groups excluding carboxylic acids is 1. The second-order valence-electron chi connectivity index (χ2n) is 5.07. The Morgan fingerprint density at radius 1 is 1.12 bits per heavy atom. The lowest BCUT2D eigenvalue weighted by Crippen LogP contribution is -2.24. The molecule has 0 radical (unpaired) electrons. The summed E-state index contributed by atoms with van der Waals surface area (Å²) in [5.41, 5.74) is 0.833. The molecule has 2 aromatic carbocycles. The normalized spacial score (nSPS) is 10.5. The van der Waals surface area contributed by atoms with E-state index < -0.39 is 17.5 Å². The van der Waals surface area contributed by atoms with Gasteiger partial charge in [0.2, 0.25) is 0 Å². The second kappa shape index (κ2) is 7.27. The predicted molar refractivity (Wildman–Crippen MR) is 88.6 cm³/mol. The van der Waals surface area contributed by atoms with Gasteiger partial charge >= 0.3 is 0 Å². The van der Waals surface area contributed by atoms with Gasteiger partial charge in [0.05, 0.1) is 0 Å². The molecule has 0 saturated carbocycles. The fourth-order valence-corrected chi connectivity index (χ4v) is 2.20. The molecule has 0 aliphatic rings. The number of nitrogens with one attached hydrogen (secondary N) is 3. The van der Waals surface area contributed by atoms with Crippen LogP contribution in [0, 0.1) is 11.6 Å². The molecule has 25 heavy (non-hydrogen) atoms. The van der Waals surface area contributed by atoms with E-state index in [1.54, 1.807) is 24.3 Å². The van der Waals surface area contributed by atoms with Gasteiger partial charge in [-0.2, -0.15) is 5.21 Å². The first-order valence-electron chi connectivity index (χ1n) is 7.18. The number of hydrogen-bond donors (Lipinski definition) is 3. The van der Waals surface area contributed by atoms with Crippen molar-refractivity contribution in [1.29, 1.82) is 0 Å². The first kappa shape index (κ1) is 16.8. The quantitative estimate of drug-likeness (QED) is 0.648. The summed E-state index contributed by atoms with van der Waals surface area (Å²) in [6.07, 6.45) is 0. The molecule has 0 fully saturated rings. The van der Waals surface area contributed by atoms with Gasteiger partial charge in [-0.25, -0.2) is 8.78 Å². The minimum Gasteiger partial charge on any atom is -0.346 e. The van der Waals surface area contributed by atoms with Crippen LogP contribution in [0.2, 0.25) is 5.02 Å². The van der Waals surface area contributed by atoms with Gasteiger partial charge in [-0.3, -0.25) is 4.79 Å². The molecule has 0 atom stereocenters. The molecular weight excluding hydrogens is 352 g/mol. The van der Waals surface area contributed by atoms with Crippen LogP contribution in [0.4, 0.5) is 20.3 Å². The Bertz CT molecular complexity index is 898. The number of H-pyrrole nitrogens is 1. The molecule has 1 aromatic heterocycles. The van der Waals surface area contributed by atoms with Crippen molar-refractivity contribution >= 4 is 29.0 Å². The van der Waals surface area contributed by atoms with Crippen LogP contribution in [-0.4, -0.2) is 21.3 Å². The number of amides is 1. The van der Waals surface area contributed by atoms with Gasteiger partial charge in [0.1, 0.15) is 11.6 Å². The van der Waals surface area contributed by atoms with Crippen molar-refractivity contribution in [3.63, 3.8) is 0 Å². The highest BCUT2D eigenvalue weighted by atomic mass is 35.5. The summed E-state index contributed by atoms with van der Waals surface area (Å²) in [5, 5.41) is 16.0. The molecule has 128 valence electrons. The summed E-state index contributed by atoms with van der Waals surface area (Å²) in [6, 6.07) is 9.93. The number of hydrogen-bond acceptors (Lipinski definition) is 4. The van der Waals surface area contributed by atoms with Crippen LogP contribution in [-0.2, 0) is 6.54 Å².